The van der Waals surface area contributed by atoms with Crippen molar-refractivity contribution in [2.45, 2.75) is 158 Å². The molecule has 17 heteroatoms. The molecule has 398 valence electrons. The van der Waals surface area contributed by atoms with Crippen LogP contribution in [-0.2, 0) is 50.9 Å². The van der Waals surface area contributed by atoms with Crippen molar-refractivity contribution in [2.24, 2.45) is 23.7 Å². The highest BCUT2D eigenvalue weighted by Crippen LogP contribution is 2.57. The molecule has 8 rings (SSSR count). The number of aliphatic hydroxyl groups is 4. The van der Waals surface area contributed by atoms with Crippen LogP contribution in [0.3, 0.4) is 0 Å². The van der Waals surface area contributed by atoms with Crippen molar-refractivity contribution < 1.29 is 67.7 Å². The standard InChI is InChI=1S/C26H37NO6Si.C24H33NO7.C5H10O/c1-25-21(15-16-34(4,5)33-25)23(29)27(17-18-11-13-20(31-2)14-12-18)26(25,24(30)32-3)22(28)19-9-7-6-8-10-19;1-23(30)19(13-14-26)21(28)25(15-16-9-11-18(31-2)12-10-16)24(23,22(29)32-3)20(27)17-7-5-4-6-8-17;1-5-3-2-4-6-5/h7,9,11-14,19,21-22,28H,6,8,10,15-17H2,1-5H3;5,7,9-12,17,19-20,26-27,30H,4,6,8,13-15H2,1-3H3;5H,2-4H2,1H3/t19-,21+,22+,25+,26+;17-,19+,20+,23+,24+;/m11./s1. The van der Waals surface area contributed by atoms with E-state index in [1.807, 2.05) is 55.5 Å². The van der Waals surface area contributed by atoms with Crippen LogP contribution in [0.2, 0.25) is 19.1 Å². The number of nitrogens with zero attached hydrogens (tertiary/aromatic N) is 2. The van der Waals surface area contributed by atoms with E-state index in [9.17, 15) is 39.6 Å². The van der Waals surface area contributed by atoms with E-state index in [4.69, 9.17) is 28.1 Å². The van der Waals surface area contributed by atoms with E-state index in [-0.39, 0.29) is 37.9 Å². The van der Waals surface area contributed by atoms with E-state index in [1.165, 1.54) is 38.9 Å². The second-order valence-electron chi connectivity index (χ2n) is 21.1. The monoisotopic (exact) mass is 1020 g/mol. The molecular formula is C55H80N2O14Si. The van der Waals surface area contributed by atoms with Gasteiger partial charge in [-0.1, -0.05) is 48.6 Å². The number of methoxy groups -OCH3 is 4. The summed E-state index contributed by atoms with van der Waals surface area (Å²) in [5.74, 6) is -3.12. The van der Waals surface area contributed by atoms with Crippen LogP contribution in [0, 0.1) is 23.7 Å². The highest BCUT2D eigenvalue weighted by molar-refractivity contribution is 6.71. The Balaban J connectivity index is 0.000000211. The van der Waals surface area contributed by atoms with Crippen LogP contribution in [0.5, 0.6) is 11.5 Å². The molecule has 0 saturated carbocycles. The van der Waals surface area contributed by atoms with Crippen LogP contribution in [0.25, 0.3) is 0 Å². The van der Waals surface area contributed by atoms with Crippen molar-refractivity contribution in [1.82, 2.24) is 9.80 Å². The molecule has 0 bridgehead atoms. The van der Waals surface area contributed by atoms with Gasteiger partial charge in [0.15, 0.2) is 19.4 Å². The van der Waals surface area contributed by atoms with Crippen LogP contribution < -0.4 is 9.47 Å². The van der Waals surface area contributed by atoms with E-state index in [1.54, 1.807) is 43.4 Å². The van der Waals surface area contributed by atoms with Gasteiger partial charge in [-0.3, -0.25) is 9.59 Å². The number of allylic oxidation sites excluding steroid dienone is 2. The third-order valence-electron chi connectivity index (χ3n) is 16.2. The summed E-state index contributed by atoms with van der Waals surface area (Å²) in [5.41, 5.74) is -5.32. The molecule has 1 unspecified atom stereocenters. The van der Waals surface area contributed by atoms with Crippen molar-refractivity contribution in [3.05, 3.63) is 84.0 Å². The maximum atomic E-state index is 14.0. The summed E-state index contributed by atoms with van der Waals surface area (Å²) in [6.45, 7) is 10.4. The molecular weight excluding hydrogens is 941 g/mol. The lowest BCUT2D eigenvalue weighted by molar-refractivity contribution is -0.191. The minimum absolute atomic E-state index is 0.0243. The van der Waals surface area contributed by atoms with Gasteiger partial charge in [-0.05, 0) is 140 Å². The van der Waals surface area contributed by atoms with Gasteiger partial charge in [0, 0.05) is 38.1 Å². The fraction of sp³-hybridized carbons (Fsp3) is 0.636. The first-order chi connectivity index (χ1) is 34.2. The highest BCUT2D eigenvalue weighted by atomic mass is 28.4. The summed E-state index contributed by atoms with van der Waals surface area (Å²) >= 11 is 0. The molecule has 0 radical (unpaired) electrons. The first-order valence-corrected chi connectivity index (χ1v) is 28.8. The molecule has 6 aliphatic rings. The smallest absolute Gasteiger partial charge is 0.337 e. The number of aliphatic hydroxyl groups excluding tert-OH is 3. The van der Waals surface area contributed by atoms with Gasteiger partial charge in [0.2, 0.25) is 11.8 Å². The Hall–Kier alpha value is -4.62. The number of benzene rings is 2. The summed E-state index contributed by atoms with van der Waals surface area (Å²) in [5, 5.41) is 44.9. The van der Waals surface area contributed by atoms with Crippen molar-refractivity contribution in [1.29, 1.82) is 0 Å². The lowest BCUT2D eigenvalue weighted by atomic mass is 9.67. The average molecular weight is 1020 g/mol. The number of likely N-dealkylation sites (tertiary alicyclic amines) is 2. The summed E-state index contributed by atoms with van der Waals surface area (Å²) in [4.78, 5) is 57.6. The minimum atomic E-state index is -2.19. The molecule has 16 nitrogen and oxygen atoms in total. The Morgan fingerprint density at radius 2 is 1.22 bits per heavy atom. The Kier molecular flexibility index (Phi) is 18.7. The molecule has 4 saturated heterocycles. The topological polar surface area (TPSA) is 211 Å². The lowest BCUT2D eigenvalue weighted by Crippen LogP contribution is -2.74. The van der Waals surface area contributed by atoms with Crippen LogP contribution in [-0.4, -0.2) is 145 Å². The molecule has 4 fully saturated rings. The Labute approximate surface area is 426 Å². The zero-order valence-corrected chi connectivity index (χ0v) is 44.8. The lowest BCUT2D eigenvalue weighted by Gasteiger charge is -2.54. The van der Waals surface area contributed by atoms with Gasteiger partial charge in [0.1, 0.15) is 22.7 Å². The number of carbonyl (C=O) groups is 4. The second kappa shape index (κ2) is 23.7. The fourth-order valence-corrected chi connectivity index (χ4v) is 14.9. The number of amides is 2. The SMILES string of the molecule is CC1CCCO1.COC(=O)[C@]1([C@@H](O)[C@@H]2C=CCCC2)N(Cc2ccc(OC)cc2)C(=O)[C@@H]2CC[Si](C)(C)O[C@@]21C.COC(=O)[C@]1([C@@H](O)[C@@H]2C=CCCC2)N(Cc2ccc(OC)cc2)C(=O)[C@H](CCO)[C@]1(C)O. The summed E-state index contributed by atoms with van der Waals surface area (Å²) in [6, 6.07) is 15.2. The van der Waals surface area contributed by atoms with E-state index in [2.05, 4.69) is 20.0 Å². The largest absolute Gasteiger partial charge is 0.497 e. The third-order valence-corrected chi connectivity index (χ3v) is 18.7. The fourth-order valence-electron chi connectivity index (χ4n) is 12.4. The van der Waals surface area contributed by atoms with Crippen LogP contribution in [0.1, 0.15) is 96.1 Å². The van der Waals surface area contributed by atoms with Crippen molar-refractivity contribution in [2.75, 3.05) is 41.7 Å². The number of carbonyl (C=O) groups excluding carboxylic acids is 4. The summed E-state index contributed by atoms with van der Waals surface area (Å²) < 4.78 is 32.9. The first kappa shape index (κ1) is 56.7. The molecule has 0 aromatic heterocycles. The van der Waals surface area contributed by atoms with Gasteiger partial charge >= 0.3 is 11.9 Å². The van der Waals surface area contributed by atoms with E-state index in [0.717, 1.165) is 50.3 Å². The zero-order valence-electron chi connectivity index (χ0n) is 43.8. The number of fused-ring (bicyclic) bond motifs is 1. The number of hydrogen-bond donors (Lipinski definition) is 4. The van der Waals surface area contributed by atoms with Crippen LogP contribution in [0.4, 0.5) is 0 Å². The second-order valence-corrected chi connectivity index (χ2v) is 25.3. The quantitative estimate of drug-likeness (QED) is 0.0935. The van der Waals surface area contributed by atoms with Gasteiger partial charge in [0.05, 0.1) is 58.6 Å². The van der Waals surface area contributed by atoms with Crippen LogP contribution >= 0.6 is 0 Å². The Bertz CT molecular complexity index is 2230. The molecule has 4 N–H and O–H groups in total. The number of rotatable bonds is 14. The molecule has 2 aromatic carbocycles. The molecule has 2 aliphatic carbocycles. The highest BCUT2D eigenvalue weighted by Gasteiger charge is 2.77. The maximum absolute atomic E-state index is 14.0. The van der Waals surface area contributed by atoms with Crippen molar-refractivity contribution in [3.8, 4) is 11.5 Å². The normalized spacial score (nSPS) is 32.4. The Morgan fingerprint density at radius 3 is 1.62 bits per heavy atom. The molecule has 11 atom stereocenters. The van der Waals surface area contributed by atoms with Gasteiger partial charge in [-0.2, -0.15) is 0 Å². The van der Waals surface area contributed by atoms with Crippen LogP contribution in [0.15, 0.2) is 72.8 Å². The Morgan fingerprint density at radius 1 is 0.736 bits per heavy atom. The van der Waals surface area contributed by atoms with Gasteiger partial charge < -0.3 is 58.3 Å². The summed E-state index contributed by atoms with van der Waals surface area (Å²) in [6.07, 6.45) is 13.8. The third kappa shape index (κ3) is 10.7. The number of hydrogen-bond acceptors (Lipinski definition) is 14. The van der Waals surface area contributed by atoms with Gasteiger partial charge in [0.25, 0.3) is 0 Å². The van der Waals surface area contributed by atoms with Crippen molar-refractivity contribution in [3.63, 3.8) is 0 Å². The van der Waals surface area contributed by atoms with Gasteiger partial charge in [-0.15, -0.1) is 0 Å². The first-order valence-electron chi connectivity index (χ1n) is 25.7. The molecule has 72 heavy (non-hydrogen) atoms. The zero-order chi connectivity index (χ0) is 52.6. The minimum Gasteiger partial charge on any atom is -0.497 e. The molecule has 4 aliphatic heterocycles. The van der Waals surface area contributed by atoms with E-state index in [0.29, 0.717) is 36.0 Å². The summed E-state index contributed by atoms with van der Waals surface area (Å²) in [7, 11) is 3.47. The van der Waals surface area contributed by atoms with E-state index >= 15 is 0 Å². The average Bonchev–Trinajstić information content (AvgIpc) is 3.99. The van der Waals surface area contributed by atoms with E-state index < -0.39 is 78.4 Å². The number of esters is 2. The molecule has 0 spiro atoms. The molecule has 2 aromatic rings. The number of ether oxygens (including phenoxy) is 5. The predicted octanol–water partition coefficient (Wildman–Crippen LogP) is 6.27. The van der Waals surface area contributed by atoms with Gasteiger partial charge in [-0.25, -0.2) is 9.59 Å². The molecule has 4 heterocycles. The maximum Gasteiger partial charge on any atom is 0.337 e. The van der Waals surface area contributed by atoms with Crippen molar-refractivity contribution >= 4 is 32.1 Å². The molecule has 2 amide bonds. The predicted molar refractivity (Wildman–Crippen MR) is 272 cm³/mol.